The van der Waals surface area contributed by atoms with Crippen molar-refractivity contribution in [3.05, 3.63) is 101 Å². The summed E-state index contributed by atoms with van der Waals surface area (Å²) >= 11 is 0. The van der Waals surface area contributed by atoms with Gasteiger partial charge in [0.2, 0.25) is 0 Å². The Balaban J connectivity index is 1.86. The number of aryl methyl sites for hydroxylation is 1. The smallest absolute Gasteiger partial charge is 0.123 e. The Hall–Kier alpha value is -2.58. The summed E-state index contributed by atoms with van der Waals surface area (Å²) in [6, 6.07) is 27.7. The molecule has 2 nitrogen and oxygen atoms in total. The molecule has 2 N–H and O–H groups in total. The lowest BCUT2D eigenvalue weighted by molar-refractivity contribution is 0.301. The van der Waals surface area contributed by atoms with Crippen molar-refractivity contribution in [2.75, 3.05) is 6.54 Å². The lowest BCUT2D eigenvalue weighted by Crippen LogP contribution is -2.07. The zero-order valence-electron chi connectivity index (χ0n) is 16.8. The molecule has 28 heavy (non-hydrogen) atoms. The normalized spacial score (nSPS) is 11.9. The molecule has 0 radical (unpaired) electrons. The van der Waals surface area contributed by atoms with Crippen LogP contribution in [0.1, 0.15) is 53.9 Å². The number of unbranched alkanes of at least 4 members (excludes halogenated alkanes) is 2. The van der Waals surface area contributed by atoms with E-state index in [1.54, 1.807) is 0 Å². The van der Waals surface area contributed by atoms with Crippen LogP contribution in [0, 0.1) is 6.92 Å². The van der Waals surface area contributed by atoms with Crippen LogP contribution in [0.5, 0.6) is 5.75 Å². The lowest BCUT2D eigenvalue weighted by Gasteiger charge is -2.22. The Labute approximate surface area is 169 Å². The second kappa shape index (κ2) is 10.7. The molecule has 0 aliphatic carbocycles. The molecule has 0 heterocycles. The van der Waals surface area contributed by atoms with Gasteiger partial charge in [-0.25, -0.2) is 0 Å². The summed E-state index contributed by atoms with van der Waals surface area (Å²) in [4.78, 5) is 0. The zero-order chi connectivity index (χ0) is 19.6. The first-order valence-electron chi connectivity index (χ1n) is 10.3. The number of hydrogen-bond acceptors (Lipinski definition) is 2. The molecule has 3 aromatic rings. The minimum atomic E-state index is 0.338. The average Bonchev–Trinajstić information content (AvgIpc) is 2.74. The SMILES string of the molecule is Cc1ccc(OCc2ccccc2)c(C(CCCCCN)c2ccccc2)c1. The summed E-state index contributed by atoms with van der Waals surface area (Å²) in [7, 11) is 0. The van der Waals surface area contributed by atoms with E-state index in [1.165, 1.54) is 35.1 Å². The van der Waals surface area contributed by atoms with Gasteiger partial charge < -0.3 is 10.5 Å². The highest BCUT2D eigenvalue weighted by atomic mass is 16.5. The van der Waals surface area contributed by atoms with E-state index in [0.717, 1.165) is 25.1 Å². The molecule has 1 atom stereocenters. The molecule has 0 bridgehead atoms. The van der Waals surface area contributed by atoms with Gasteiger partial charge in [-0.3, -0.25) is 0 Å². The number of rotatable bonds is 10. The minimum absolute atomic E-state index is 0.338. The van der Waals surface area contributed by atoms with E-state index in [9.17, 15) is 0 Å². The molecule has 2 heteroatoms. The van der Waals surface area contributed by atoms with E-state index >= 15 is 0 Å². The summed E-state index contributed by atoms with van der Waals surface area (Å²) in [5.41, 5.74) is 10.8. The molecule has 0 aliphatic heterocycles. The summed E-state index contributed by atoms with van der Waals surface area (Å²) in [5.74, 6) is 1.33. The Bertz CT molecular complexity index is 830. The van der Waals surface area contributed by atoms with Crippen LogP contribution in [0.4, 0.5) is 0 Å². The van der Waals surface area contributed by atoms with Gasteiger partial charge in [-0.15, -0.1) is 0 Å². The van der Waals surface area contributed by atoms with Crippen LogP contribution in [-0.2, 0) is 6.61 Å². The largest absolute Gasteiger partial charge is 0.489 e. The molecule has 1 unspecified atom stereocenters. The molecule has 0 saturated carbocycles. The molecular weight excluding hydrogens is 342 g/mol. The van der Waals surface area contributed by atoms with Crippen LogP contribution in [0.25, 0.3) is 0 Å². The van der Waals surface area contributed by atoms with Gasteiger partial charge in [-0.05, 0) is 43.5 Å². The highest BCUT2D eigenvalue weighted by molar-refractivity contribution is 5.44. The van der Waals surface area contributed by atoms with Gasteiger partial charge >= 0.3 is 0 Å². The van der Waals surface area contributed by atoms with Crippen molar-refractivity contribution in [2.45, 2.75) is 45.1 Å². The monoisotopic (exact) mass is 373 g/mol. The van der Waals surface area contributed by atoms with Crippen molar-refractivity contribution in [1.82, 2.24) is 0 Å². The third-order valence-corrected chi connectivity index (χ3v) is 5.18. The first kappa shape index (κ1) is 20.2. The van der Waals surface area contributed by atoms with Gasteiger partial charge in [0.05, 0.1) is 0 Å². The highest BCUT2D eigenvalue weighted by Crippen LogP contribution is 2.36. The van der Waals surface area contributed by atoms with Gasteiger partial charge in [0.1, 0.15) is 12.4 Å². The average molecular weight is 374 g/mol. The van der Waals surface area contributed by atoms with E-state index in [2.05, 4.69) is 79.7 Å². The highest BCUT2D eigenvalue weighted by Gasteiger charge is 2.18. The van der Waals surface area contributed by atoms with Crippen LogP contribution in [0.2, 0.25) is 0 Å². The number of hydrogen-bond donors (Lipinski definition) is 1. The van der Waals surface area contributed by atoms with Gasteiger partial charge in [-0.1, -0.05) is 91.2 Å². The summed E-state index contributed by atoms with van der Waals surface area (Å²) in [6.07, 6.45) is 4.54. The van der Waals surface area contributed by atoms with Gasteiger partial charge in [0.25, 0.3) is 0 Å². The maximum Gasteiger partial charge on any atom is 0.123 e. The summed E-state index contributed by atoms with van der Waals surface area (Å²) in [6.45, 7) is 3.51. The van der Waals surface area contributed by atoms with Crippen LogP contribution in [0.3, 0.4) is 0 Å². The van der Waals surface area contributed by atoms with Crippen molar-refractivity contribution in [3.63, 3.8) is 0 Å². The van der Waals surface area contributed by atoms with Crippen LogP contribution < -0.4 is 10.5 Å². The van der Waals surface area contributed by atoms with Crippen molar-refractivity contribution in [1.29, 1.82) is 0 Å². The third kappa shape index (κ3) is 5.71. The van der Waals surface area contributed by atoms with Crippen LogP contribution in [-0.4, -0.2) is 6.54 Å². The first-order valence-corrected chi connectivity index (χ1v) is 10.3. The Morgan fingerprint density at radius 2 is 1.54 bits per heavy atom. The predicted octanol–water partition coefficient (Wildman–Crippen LogP) is 6.23. The standard InChI is InChI=1S/C26H31NO/c1-21-16-17-26(28-20-22-11-5-2-6-12-22)25(19-21)24(15-9-4-10-18-27)23-13-7-3-8-14-23/h2-3,5-8,11-14,16-17,19,24H,4,9-10,15,18,20,27H2,1H3. The lowest BCUT2D eigenvalue weighted by atomic mass is 9.85. The molecule has 146 valence electrons. The minimum Gasteiger partial charge on any atom is -0.489 e. The fourth-order valence-corrected chi connectivity index (χ4v) is 3.66. The molecule has 0 amide bonds. The predicted molar refractivity (Wildman–Crippen MR) is 118 cm³/mol. The van der Waals surface area contributed by atoms with Gasteiger partial charge in [0, 0.05) is 11.5 Å². The number of ether oxygens (including phenoxy) is 1. The molecule has 0 fully saturated rings. The Kier molecular flexibility index (Phi) is 7.69. The van der Waals surface area contributed by atoms with Gasteiger partial charge in [-0.2, -0.15) is 0 Å². The van der Waals surface area contributed by atoms with E-state index in [0.29, 0.717) is 12.5 Å². The topological polar surface area (TPSA) is 35.2 Å². The van der Waals surface area contributed by atoms with Crippen LogP contribution in [0.15, 0.2) is 78.9 Å². The number of nitrogens with two attached hydrogens (primary N) is 1. The molecule has 0 saturated heterocycles. The van der Waals surface area contributed by atoms with E-state index < -0.39 is 0 Å². The zero-order valence-corrected chi connectivity index (χ0v) is 16.8. The summed E-state index contributed by atoms with van der Waals surface area (Å²) in [5, 5.41) is 0. The third-order valence-electron chi connectivity index (χ3n) is 5.18. The maximum absolute atomic E-state index is 6.29. The molecule has 3 rings (SSSR count). The van der Waals surface area contributed by atoms with E-state index in [4.69, 9.17) is 10.5 Å². The Morgan fingerprint density at radius 1 is 0.821 bits per heavy atom. The fraction of sp³-hybridized carbons (Fsp3) is 0.308. The van der Waals surface area contributed by atoms with E-state index in [-0.39, 0.29) is 0 Å². The van der Waals surface area contributed by atoms with Crippen LogP contribution >= 0.6 is 0 Å². The van der Waals surface area contributed by atoms with Crippen molar-refractivity contribution >= 4 is 0 Å². The Morgan fingerprint density at radius 3 is 2.25 bits per heavy atom. The van der Waals surface area contributed by atoms with Gasteiger partial charge in [0.15, 0.2) is 0 Å². The molecule has 0 spiro atoms. The van der Waals surface area contributed by atoms with Crippen molar-refractivity contribution in [2.24, 2.45) is 5.73 Å². The maximum atomic E-state index is 6.29. The molecular formula is C26H31NO. The molecule has 3 aromatic carbocycles. The fourth-order valence-electron chi connectivity index (χ4n) is 3.66. The molecule has 0 aliphatic rings. The van der Waals surface area contributed by atoms with Crippen molar-refractivity contribution < 1.29 is 4.74 Å². The quantitative estimate of drug-likeness (QED) is 0.428. The summed E-state index contributed by atoms with van der Waals surface area (Å²) < 4.78 is 6.29. The number of benzene rings is 3. The molecule has 0 aromatic heterocycles. The van der Waals surface area contributed by atoms with E-state index in [1.807, 2.05) is 6.07 Å². The second-order valence-corrected chi connectivity index (χ2v) is 7.42. The second-order valence-electron chi connectivity index (χ2n) is 7.42. The van der Waals surface area contributed by atoms with Crippen molar-refractivity contribution in [3.8, 4) is 5.75 Å². The first-order chi connectivity index (χ1) is 13.8.